The van der Waals surface area contributed by atoms with Gasteiger partial charge >= 0.3 is 0 Å². The first-order valence-electron chi connectivity index (χ1n) is 7.33. The minimum absolute atomic E-state index is 0.156. The molecule has 1 aromatic heterocycles. The van der Waals surface area contributed by atoms with E-state index in [-0.39, 0.29) is 5.91 Å². The summed E-state index contributed by atoms with van der Waals surface area (Å²) in [6.45, 7) is 3.11. The van der Waals surface area contributed by atoms with Crippen molar-refractivity contribution in [3.63, 3.8) is 0 Å². The van der Waals surface area contributed by atoms with Gasteiger partial charge in [-0.3, -0.25) is 4.79 Å². The number of pyridine rings is 1. The number of hydrogen-bond acceptors (Lipinski definition) is 4. The maximum atomic E-state index is 12.5. The van der Waals surface area contributed by atoms with Gasteiger partial charge in [-0.05, 0) is 37.3 Å². The second-order valence-electron chi connectivity index (χ2n) is 4.82. The molecule has 122 valence electrons. The van der Waals surface area contributed by atoms with Crippen LogP contribution in [0, 0.1) is 0 Å². The molecular weight excluding hydrogens is 316 g/mol. The second-order valence-corrected chi connectivity index (χ2v) is 5.26. The average molecular weight is 335 g/mol. The topological polar surface area (TPSA) is 51.7 Å². The predicted molar refractivity (Wildman–Crippen MR) is 89.3 cm³/mol. The molecule has 1 aromatic carbocycles. The van der Waals surface area contributed by atoms with Crippen LogP contribution >= 0.6 is 11.6 Å². The number of hydrogen-bond donors (Lipinski definition) is 0. The van der Waals surface area contributed by atoms with Gasteiger partial charge in [0.2, 0.25) is 5.88 Å². The van der Waals surface area contributed by atoms with Crippen LogP contribution in [0.25, 0.3) is 0 Å². The summed E-state index contributed by atoms with van der Waals surface area (Å²) in [5, 5.41) is 0.614. The summed E-state index contributed by atoms with van der Waals surface area (Å²) in [7, 11) is 1.71. The van der Waals surface area contributed by atoms with Crippen molar-refractivity contribution in [2.45, 2.75) is 6.92 Å². The SMILES string of the molecule is CCOc1ncccc1C(=O)N(C)CCOc1cccc(Cl)c1. The summed E-state index contributed by atoms with van der Waals surface area (Å²) < 4.78 is 11.0. The van der Waals surface area contributed by atoms with Crippen LogP contribution in [0.1, 0.15) is 17.3 Å². The lowest BCUT2D eigenvalue weighted by atomic mass is 10.2. The number of nitrogens with zero attached hydrogens (tertiary/aromatic N) is 2. The highest BCUT2D eigenvalue weighted by molar-refractivity contribution is 6.30. The van der Waals surface area contributed by atoms with E-state index in [0.29, 0.717) is 42.0 Å². The summed E-state index contributed by atoms with van der Waals surface area (Å²) in [5.74, 6) is 0.869. The van der Waals surface area contributed by atoms with Gasteiger partial charge in [0.15, 0.2) is 0 Å². The van der Waals surface area contributed by atoms with Crippen LogP contribution in [0.5, 0.6) is 11.6 Å². The molecule has 6 heteroatoms. The fraction of sp³-hybridized carbons (Fsp3) is 0.294. The zero-order chi connectivity index (χ0) is 16.7. The average Bonchev–Trinajstić information content (AvgIpc) is 2.55. The van der Waals surface area contributed by atoms with E-state index in [1.54, 1.807) is 42.4 Å². The van der Waals surface area contributed by atoms with Crippen LogP contribution in [0.2, 0.25) is 5.02 Å². The molecule has 0 aliphatic heterocycles. The van der Waals surface area contributed by atoms with E-state index >= 15 is 0 Å². The maximum absolute atomic E-state index is 12.5. The van der Waals surface area contributed by atoms with Crippen LogP contribution in [0.15, 0.2) is 42.6 Å². The van der Waals surface area contributed by atoms with E-state index in [9.17, 15) is 4.79 Å². The second kappa shape index (κ2) is 8.39. The third-order valence-corrected chi connectivity index (χ3v) is 3.36. The lowest BCUT2D eigenvalue weighted by molar-refractivity contribution is 0.0768. The van der Waals surface area contributed by atoms with Crippen molar-refractivity contribution in [3.05, 3.63) is 53.2 Å². The maximum Gasteiger partial charge on any atom is 0.259 e. The van der Waals surface area contributed by atoms with Crippen LogP contribution in [0.4, 0.5) is 0 Å². The van der Waals surface area contributed by atoms with Gasteiger partial charge in [0, 0.05) is 18.3 Å². The normalized spacial score (nSPS) is 10.2. The third kappa shape index (κ3) is 4.86. The molecular formula is C17H19ClN2O3. The molecule has 1 heterocycles. The number of benzene rings is 1. The Balaban J connectivity index is 1.92. The number of carbonyl (C=O) groups is 1. The molecule has 5 nitrogen and oxygen atoms in total. The van der Waals surface area contributed by atoms with Crippen molar-refractivity contribution in [2.75, 3.05) is 26.8 Å². The fourth-order valence-corrected chi connectivity index (χ4v) is 2.15. The molecule has 23 heavy (non-hydrogen) atoms. The molecule has 0 radical (unpaired) electrons. The van der Waals surface area contributed by atoms with Crippen LogP contribution in [-0.2, 0) is 0 Å². The van der Waals surface area contributed by atoms with Crippen LogP contribution in [-0.4, -0.2) is 42.6 Å². The number of halogens is 1. The van der Waals surface area contributed by atoms with Gasteiger partial charge in [0.05, 0.1) is 13.2 Å². The van der Waals surface area contributed by atoms with Gasteiger partial charge < -0.3 is 14.4 Å². The van der Waals surface area contributed by atoms with Gasteiger partial charge in [-0.15, -0.1) is 0 Å². The lowest BCUT2D eigenvalue weighted by Crippen LogP contribution is -2.31. The zero-order valence-electron chi connectivity index (χ0n) is 13.2. The molecule has 0 spiro atoms. The van der Waals surface area contributed by atoms with E-state index in [1.165, 1.54) is 0 Å². The lowest BCUT2D eigenvalue weighted by Gasteiger charge is -2.18. The molecule has 0 aliphatic carbocycles. The van der Waals surface area contributed by atoms with Crippen molar-refractivity contribution in [1.82, 2.24) is 9.88 Å². The standard InChI is InChI=1S/C17H19ClN2O3/c1-3-22-16-15(8-5-9-19-16)17(21)20(2)10-11-23-14-7-4-6-13(18)12-14/h4-9,12H,3,10-11H2,1-2H3. The summed E-state index contributed by atoms with van der Waals surface area (Å²) in [4.78, 5) is 18.1. The highest BCUT2D eigenvalue weighted by atomic mass is 35.5. The molecule has 0 bridgehead atoms. The Kier molecular flexibility index (Phi) is 6.23. The van der Waals surface area contributed by atoms with E-state index in [0.717, 1.165) is 0 Å². The number of amides is 1. The predicted octanol–water partition coefficient (Wildman–Crippen LogP) is 3.28. The smallest absolute Gasteiger partial charge is 0.259 e. The van der Waals surface area contributed by atoms with E-state index in [2.05, 4.69) is 4.98 Å². The van der Waals surface area contributed by atoms with Crippen molar-refractivity contribution < 1.29 is 14.3 Å². The molecule has 0 saturated carbocycles. The molecule has 0 unspecified atom stereocenters. The zero-order valence-corrected chi connectivity index (χ0v) is 13.9. The van der Waals surface area contributed by atoms with Gasteiger partial charge in [-0.1, -0.05) is 17.7 Å². The number of rotatable bonds is 7. The molecule has 0 N–H and O–H groups in total. The Morgan fingerprint density at radius 3 is 2.83 bits per heavy atom. The fourth-order valence-electron chi connectivity index (χ4n) is 1.97. The molecule has 0 aliphatic rings. The van der Waals surface area contributed by atoms with Crippen molar-refractivity contribution in [2.24, 2.45) is 0 Å². The first kappa shape index (κ1) is 17.1. The highest BCUT2D eigenvalue weighted by Crippen LogP contribution is 2.18. The molecule has 0 fully saturated rings. The molecule has 0 saturated heterocycles. The number of carbonyl (C=O) groups excluding carboxylic acids is 1. The first-order valence-corrected chi connectivity index (χ1v) is 7.71. The molecule has 2 aromatic rings. The Morgan fingerprint density at radius 2 is 2.09 bits per heavy atom. The monoisotopic (exact) mass is 334 g/mol. The third-order valence-electron chi connectivity index (χ3n) is 3.12. The Hall–Kier alpha value is -2.27. The van der Waals surface area contributed by atoms with Crippen LogP contribution in [0.3, 0.4) is 0 Å². The number of ether oxygens (including phenoxy) is 2. The van der Waals surface area contributed by atoms with Crippen molar-refractivity contribution >= 4 is 17.5 Å². The Bertz CT molecular complexity index is 664. The van der Waals surface area contributed by atoms with E-state index in [4.69, 9.17) is 21.1 Å². The minimum atomic E-state index is -0.156. The Morgan fingerprint density at radius 1 is 1.26 bits per heavy atom. The quantitative estimate of drug-likeness (QED) is 0.779. The number of aromatic nitrogens is 1. The molecule has 2 rings (SSSR count). The first-order chi connectivity index (χ1) is 11.1. The van der Waals surface area contributed by atoms with Crippen molar-refractivity contribution in [1.29, 1.82) is 0 Å². The minimum Gasteiger partial charge on any atom is -0.492 e. The van der Waals surface area contributed by atoms with Crippen LogP contribution < -0.4 is 9.47 Å². The molecule has 0 atom stereocenters. The van der Waals surface area contributed by atoms with E-state index < -0.39 is 0 Å². The largest absolute Gasteiger partial charge is 0.492 e. The van der Waals surface area contributed by atoms with Gasteiger partial charge in [-0.25, -0.2) is 4.98 Å². The summed E-state index contributed by atoms with van der Waals surface area (Å²) in [6, 6.07) is 10.6. The van der Waals surface area contributed by atoms with Crippen molar-refractivity contribution in [3.8, 4) is 11.6 Å². The molecule has 1 amide bonds. The summed E-state index contributed by atoms with van der Waals surface area (Å²) in [5.41, 5.74) is 0.444. The van der Waals surface area contributed by atoms with E-state index in [1.807, 2.05) is 19.1 Å². The van der Waals surface area contributed by atoms with Gasteiger partial charge in [0.25, 0.3) is 5.91 Å². The van der Waals surface area contributed by atoms with Gasteiger partial charge in [0.1, 0.15) is 17.9 Å². The highest BCUT2D eigenvalue weighted by Gasteiger charge is 2.17. The summed E-state index contributed by atoms with van der Waals surface area (Å²) in [6.07, 6.45) is 1.60. The Labute approximate surface area is 140 Å². The number of likely N-dealkylation sites (N-methyl/N-ethyl adjacent to an activating group) is 1. The van der Waals surface area contributed by atoms with Gasteiger partial charge in [-0.2, -0.15) is 0 Å². The summed E-state index contributed by atoms with van der Waals surface area (Å²) >= 11 is 5.90.